The maximum Gasteiger partial charge on any atom is 0.141 e. The van der Waals surface area contributed by atoms with E-state index in [0.29, 0.717) is 0 Å². The average Bonchev–Trinajstić information content (AvgIpc) is 3.51. The Kier molecular flexibility index (Phi) is 5.31. The van der Waals surface area contributed by atoms with Gasteiger partial charge in [0, 0.05) is 21.8 Å². The molecule has 9 rings (SSSR count). The fraction of sp³-hybridized carbons (Fsp3) is 0.0976. The Hall–Kier alpha value is -5.41. The van der Waals surface area contributed by atoms with Gasteiger partial charge in [-0.3, -0.25) is 4.57 Å². The van der Waals surface area contributed by atoms with Crippen LogP contribution in [0.4, 0.5) is 0 Å². The van der Waals surface area contributed by atoms with Crippen LogP contribution in [0.5, 0.6) is 0 Å². The maximum absolute atomic E-state index is 5.69. The number of allylic oxidation sites excluding steroid dienone is 1. The summed E-state index contributed by atoms with van der Waals surface area (Å²) < 4.78 is 2.41. The molecular formula is C41H31N3. The average molecular weight is 566 g/mol. The van der Waals surface area contributed by atoms with Gasteiger partial charge < -0.3 is 5.32 Å². The van der Waals surface area contributed by atoms with Crippen molar-refractivity contribution in [2.45, 2.75) is 25.3 Å². The van der Waals surface area contributed by atoms with Crippen molar-refractivity contribution in [3.8, 4) is 11.1 Å². The summed E-state index contributed by atoms with van der Waals surface area (Å²) >= 11 is 0. The van der Waals surface area contributed by atoms with Gasteiger partial charge in [0.15, 0.2) is 0 Å². The summed E-state index contributed by atoms with van der Waals surface area (Å²) in [6.07, 6.45) is 0. The van der Waals surface area contributed by atoms with E-state index < -0.39 is 0 Å². The van der Waals surface area contributed by atoms with E-state index in [2.05, 4.69) is 163 Å². The molecule has 210 valence electrons. The van der Waals surface area contributed by atoms with Gasteiger partial charge in [-0.15, -0.1) is 0 Å². The van der Waals surface area contributed by atoms with Crippen molar-refractivity contribution in [3.63, 3.8) is 0 Å². The van der Waals surface area contributed by atoms with Crippen molar-refractivity contribution in [1.82, 2.24) is 9.88 Å². The van der Waals surface area contributed by atoms with Gasteiger partial charge in [0.1, 0.15) is 11.9 Å². The van der Waals surface area contributed by atoms with Gasteiger partial charge >= 0.3 is 0 Å². The SMILES string of the molecule is CC1(C)C2=C(NC(c3cccc(-c4ccccc4)c3)C(n3c4ccccc4c4cc5ccccc5cc43)=N2)c2ccccc21. The number of rotatable bonds is 2. The first-order chi connectivity index (χ1) is 21.6. The molecule has 0 bridgehead atoms. The number of aliphatic imine (C=N–C) groups is 1. The van der Waals surface area contributed by atoms with Gasteiger partial charge in [0.05, 0.1) is 22.4 Å². The molecule has 2 heterocycles. The molecular weight excluding hydrogens is 534 g/mol. The summed E-state index contributed by atoms with van der Waals surface area (Å²) in [5.41, 5.74) is 10.5. The number of fused-ring (bicyclic) bond motifs is 6. The maximum atomic E-state index is 5.69. The lowest BCUT2D eigenvalue weighted by Crippen LogP contribution is -2.36. The van der Waals surface area contributed by atoms with Crippen LogP contribution in [-0.2, 0) is 5.41 Å². The zero-order valence-corrected chi connectivity index (χ0v) is 24.8. The Bertz CT molecular complexity index is 2340. The molecule has 0 fully saturated rings. The molecule has 1 aromatic heterocycles. The van der Waals surface area contributed by atoms with Gasteiger partial charge in [-0.05, 0) is 57.3 Å². The fourth-order valence-electron chi connectivity index (χ4n) is 7.39. The van der Waals surface area contributed by atoms with E-state index in [1.165, 1.54) is 60.4 Å². The number of aromatic nitrogens is 1. The molecule has 1 aliphatic carbocycles. The van der Waals surface area contributed by atoms with E-state index in [0.717, 1.165) is 17.2 Å². The number of nitrogens with one attached hydrogen (secondary N) is 1. The first kappa shape index (κ1) is 25.1. The molecule has 1 atom stereocenters. The number of para-hydroxylation sites is 1. The minimum Gasteiger partial charge on any atom is -0.370 e. The van der Waals surface area contributed by atoms with Crippen molar-refractivity contribution < 1.29 is 0 Å². The van der Waals surface area contributed by atoms with E-state index in [4.69, 9.17) is 4.99 Å². The summed E-state index contributed by atoms with van der Waals surface area (Å²) in [5.74, 6) is 0.997. The molecule has 0 saturated heterocycles. The summed E-state index contributed by atoms with van der Waals surface area (Å²) in [5, 5.41) is 9.01. The summed E-state index contributed by atoms with van der Waals surface area (Å²) in [7, 11) is 0. The normalized spacial score (nSPS) is 17.0. The Morgan fingerprint density at radius 2 is 1.32 bits per heavy atom. The number of hydrogen-bond donors (Lipinski definition) is 1. The lowest BCUT2D eigenvalue weighted by molar-refractivity contribution is 0.619. The Morgan fingerprint density at radius 3 is 2.18 bits per heavy atom. The van der Waals surface area contributed by atoms with Crippen molar-refractivity contribution in [2.24, 2.45) is 4.99 Å². The molecule has 3 heteroatoms. The lowest BCUT2D eigenvalue weighted by atomic mass is 9.84. The monoisotopic (exact) mass is 565 g/mol. The predicted molar refractivity (Wildman–Crippen MR) is 184 cm³/mol. The van der Waals surface area contributed by atoms with E-state index in [1.807, 2.05) is 0 Å². The van der Waals surface area contributed by atoms with Crippen molar-refractivity contribution in [1.29, 1.82) is 0 Å². The van der Waals surface area contributed by atoms with Crippen LogP contribution >= 0.6 is 0 Å². The Morgan fingerprint density at radius 1 is 0.614 bits per heavy atom. The highest BCUT2D eigenvalue weighted by Crippen LogP contribution is 2.49. The first-order valence-electron chi connectivity index (χ1n) is 15.4. The molecule has 1 N–H and O–H groups in total. The Labute approximate surface area is 256 Å². The lowest BCUT2D eigenvalue weighted by Gasteiger charge is -2.31. The third-order valence-corrected chi connectivity index (χ3v) is 9.57. The largest absolute Gasteiger partial charge is 0.370 e. The molecule has 0 radical (unpaired) electrons. The van der Waals surface area contributed by atoms with Crippen molar-refractivity contribution in [3.05, 3.63) is 162 Å². The van der Waals surface area contributed by atoms with Crippen LogP contribution in [0.15, 0.2) is 150 Å². The van der Waals surface area contributed by atoms with Crippen LogP contribution in [0.3, 0.4) is 0 Å². The molecule has 1 unspecified atom stereocenters. The van der Waals surface area contributed by atoms with Gasteiger partial charge in [0.2, 0.25) is 0 Å². The van der Waals surface area contributed by atoms with Crippen LogP contribution < -0.4 is 5.32 Å². The third kappa shape index (κ3) is 3.59. The highest BCUT2D eigenvalue weighted by Gasteiger charge is 2.42. The second-order valence-electron chi connectivity index (χ2n) is 12.5. The number of benzene rings is 6. The molecule has 44 heavy (non-hydrogen) atoms. The topological polar surface area (TPSA) is 29.3 Å². The smallest absolute Gasteiger partial charge is 0.141 e. The second kappa shape index (κ2) is 9.29. The summed E-state index contributed by atoms with van der Waals surface area (Å²) in [6, 6.07) is 50.2. The number of nitrogens with zero attached hydrogens (tertiary/aromatic N) is 2. The zero-order valence-electron chi connectivity index (χ0n) is 24.8. The van der Waals surface area contributed by atoms with Gasteiger partial charge in [0.25, 0.3) is 0 Å². The zero-order chi connectivity index (χ0) is 29.4. The molecule has 1 aliphatic heterocycles. The van der Waals surface area contributed by atoms with Crippen LogP contribution in [-0.4, -0.2) is 10.4 Å². The van der Waals surface area contributed by atoms with E-state index >= 15 is 0 Å². The molecule has 0 amide bonds. The number of hydrogen-bond acceptors (Lipinski definition) is 2. The van der Waals surface area contributed by atoms with E-state index in [-0.39, 0.29) is 11.5 Å². The highest BCUT2D eigenvalue weighted by atomic mass is 15.2. The summed E-state index contributed by atoms with van der Waals surface area (Å²) in [6.45, 7) is 4.60. The van der Waals surface area contributed by atoms with Crippen LogP contribution in [0.1, 0.15) is 36.6 Å². The minimum absolute atomic E-state index is 0.162. The quantitative estimate of drug-likeness (QED) is 0.222. The molecule has 2 aliphatic rings. The van der Waals surface area contributed by atoms with Crippen molar-refractivity contribution >= 4 is 44.1 Å². The standard InChI is InChI=1S/C41H31N3/c1-41(2)34-21-10-8-20-32(34)38-39(41)43-40(37(42-38)30-18-12-17-27(23-30)26-13-4-3-5-14-26)44-35-22-11-9-19-31(35)33-24-28-15-6-7-16-29(28)25-36(33)44/h3-25,37,42H,1-2H3. The van der Waals surface area contributed by atoms with Crippen molar-refractivity contribution in [2.75, 3.05) is 0 Å². The first-order valence-corrected chi connectivity index (χ1v) is 15.4. The second-order valence-corrected chi connectivity index (χ2v) is 12.5. The van der Waals surface area contributed by atoms with Crippen LogP contribution in [0.25, 0.3) is 49.4 Å². The van der Waals surface area contributed by atoms with E-state index in [1.54, 1.807) is 0 Å². The highest BCUT2D eigenvalue weighted by molar-refractivity contribution is 6.18. The van der Waals surface area contributed by atoms with E-state index in [9.17, 15) is 0 Å². The predicted octanol–water partition coefficient (Wildman–Crippen LogP) is 9.87. The third-order valence-electron chi connectivity index (χ3n) is 9.57. The molecule has 3 nitrogen and oxygen atoms in total. The molecule has 0 spiro atoms. The molecule has 6 aromatic carbocycles. The van der Waals surface area contributed by atoms with Gasteiger partial charge in [-0.1, -0.05) is 129 Å². The fourth-order valence-corrected chi connectivity index (χ4v) is 7.39. The van der Waals surface area contributed by atoms with Crippen LogP contribution in [0.2, 0.25) is 0 Å². The Balaban J connectivity index is 1.34. The summed E-state index contributed by atoms with van der Waals surface area (Å²) in [4.78, 5) is 5.69. The van der Waals surface area contributed by atoms with Gasteiger partial charge in [-0.25, -0.2) is 4.99 Å². The molecule has 7 aromatic rings. The van der Waals surface area contributed by atoms with Gasteiger partial charge in [-0.2, -0.15) is 0 Å². The van der Waals surface area contributed by atoms with Crippen LogP contribution in [0, 0.1) is 0 Å². The molecule has 0 saturated carbocycles. The minimum atomic E-state index is -0.230.